The Hall–Kier alpha value is -4.26. The molecule has 1 aromatic heterocycles. The molecule has 178 valence electrons. The van der Waals surface area contributed by atoms with Gasteiger partial charge in [0.05, 0.1) is 23.7 Å². The first kappa shape index (κ1) is 23.9. The second-order valence-electron chi connectivity index (χ2n) is 8.37. The van der Waals surface area contributed by atoms with Gasteiger partial charge < -0.3 is 10.6 Å². The molecule has 2 aliphatic rings. The van der Waals surface area contributed by atoms with Crippen LogP contribution in [0.5, 0.6) is 0 Å². The Kier molecular flexibility index (Phi) is 5.80. The summed E-state index contributed by atoms with van der Waals surface area (Å²) in [6.07, 6.45) is 1.43. The molecule has 0 unspecified atom stereocenters. The first-order valence-corrected chi connectivity index (χ1v) is 10.5. The van der Waals surface area contributed by atoms with Gasteiger partial charge in [-0.05, 0) is 41.8 Å². The minimum Gasteiger partial charge on any atom is -0.368 e. The van der Waals surface area contributed by atoms with Crippen molar-refractivity contribution in [3.63, 3.8) is 0 Å². The second kappa shape index (κ2) is 8.51. The number of ketones is 1. The summed E-state index contributed by atoms with van der Waals surface area (Å²) >= 11 is 0. The molecule has 0 aliphatic carbocycles. The number of halogens is 3. The van der Waals surface area contributed by atoms with Crippen molar-refractivity contribution < 1.29 is 27.6 Å². The third-order valence-electron chi connectivity index (χ3n) is 6.57. The number of carbonyl (C=O) groups is 3. The summed E-state index contributed by atoms with van der Waals surface area (Å²) in [7, 11) is 0. The van der Waals surface area contributed by atoms with E-state index in [1.807, 2.05) is 6.07 Å². The van der Waals surface area contributed by atoms with Crippen LogP contribution in [0.1, 0.15) is 29.5 Å². The van der Waals surface area contributed by atoms with E-state index >= 15 is 0 Å². The van der Waals surface area contributed by atoms with Crippen LogP contribution in [0.4, 0.5) is 13.2 Å². The number of Topliss-reactive ketones (excluding diaryl/α,β-unsaturated/α-hetero) is 1. The van der Waals surface area contributed by atoms with Gasteiger partial charge in [0.2, 0.25) is 5.91 Å². The Bertz CT molecular complexity index is 1310. The van der Waals surface area contributed by atoms with Crippen LogP contribution in [0.2, 0.25) is 0 Å². The van der Waals surface area contributed by atoms with Crippen molar-refractivity contribution in [3.05, 3.63) is 83.3 Å². The van der Waals surface area contributed by atoms with E-state index in [1.54, 1.807) is 12.1 Å². The first-order valence-electron chi connectivity index (χ1n) is 10.5. The molecule has 0 bridgehead atoms. The van der Waals surface area contributed by atoms with Gasteiger partial charge in [-0.1, -0.05) is 24.3 Å². The molecule has 1 fully saturated rings. The molecule has 1 amide bonds. The van der Waals surface area contributed by atoms with Gasteiger partial charge in [-0.15, -0.1) is 0 Å². The molecule has 35 heavy (non-hydrogen) atoms. The zero-order valence-electron chi connectivity index (χ0n) is 18.4. The quantitative estimate of drug-likeness (QED) is 0.658. The van der Waals surface area contributed by atoms with Crippen molar-refractivity contribution in [3.8, 4) is 6.07 Å². The minimum atomic E-state index is -4.82. The molecule has 2 aromatic rings. The van der Waals surface area contributed by atoms with E-state index in [9.17, 15) is 32.8 Å². The second-order valence-corrected chi connectivity index (χ2v) is 8.37. The summed E-state index contributed by atoms with van der Waals surface area (Å²) in [6, 6.07) is 7.02. The van der Waals surface area contributed by atoms with Crippen molar-refractivity contribution in [2.45, 2.75) is 31.1 Å². The minimum absolute atomic E-state index is 0.125. The third kappa shape index (κ3) is 3.60. The number of carbonyl (C=O) groups excluding carboxylic acids is 3. The normalized spacial score (nSPS) is 25.7. The molecule has 4 atom stereocenters. The first-order chi connectivity index (χ1) is 16.6. The lowest BCUT2D eigenvalue weighted by atomic mass is 9.66. The average Bonchev–Trinajstić information content (AvgIpc) is 3.13. The molecule has 7 nitrogen and oxygen atoms in total. The Morgan fingerprint density at radius 1 is 1.20 bits per heavy atom. The Balaban J connectivity index is 2.05. The van der Waals surface area contributed by atoms with E-state index in [2.05, 4.69) is 4.98 Å². The predicted molar refractivity (Wildman–Crippen MR) is 118 cm³/mol. The maximum atomic E-state index is 14.0. The van der Waals surface area contributed by atoms with E-state index in [0.29, 0.717) is 17.4 Å². The standard InChI is InChI=1S/C25H19F3N4O3/c1-14(34)22-21(17-4-2-3-5-19(17)25(26,27)28)24(13-29,23(30)35)20-10-18(15-6-8-31-9-7-15)16(12-33)11-32(20)22/h2-12,20-22H,1H3,(H2,30,35)/t20-,21-,22-,24+/m0/s1. The van der Waals surface area contributed by atoms with E-state index in [4.69, 9.17) is 5.73 Å². The number of nitrogens with two attached hydrogens (primary N) is 1. The van der Waals surface area contributed by atoms with Crippen molar-refractivity contribution in [1.82, 2.24) is 9.88 Å². The number of aromatic nitrogens is 1. The van der Waals surface area contributed by atoms with Crippen molar-refractivity contribution in [2.24, 2.45) is 11.1 Å². The van der Waals surface area contributed by atoms with Crippen LogP contribution in [0.25, 0.3) is 5.57 Å². The van der Waals surface area contributed by atoms with E-state index in [0.717, 1.165) is 19.1 Å². The lowest BCUT2D eigenvalue weighted by molar-refractivity contribution is -0.139. The lowest BCUT2D eigenvalue weighted by Crippen LogP contribution is -2.48. The van der Waals surface area contributed by atoms with Crippen LogP contribution in [0, 0.1) is 16.7 Å². The highest BCUT2D eigenvalue weighted by Crippen LogP contribution is 2.56. The number of primary amides is 1. The number of aldehydes is 1. The fourth-order valence-electron chi connectivity index (χ4n) is 5.14. The van der Waals surface area contributed by atoms with Gasteiger partial charge in [0, 0.05) is 30.1 Å². The van der Waals surface area contributed by atoms with Crippen LogP contribution in [-0.4, -0.2) is 39.9 Å². The van der Waals surface area contributed by atoms with Gasteiger partial charge in [-0.2, -0.15) is 18.4 Å². The van der Waals surface area contributed by atoms with Crippen LogP contribution < -0.4 is 5.73 Å². The maximum absolute atomic E-state index is 14.0. The molecule has 0 radical (unpaired) electrons. The van der Waals surface area contributed by atoms with Gasteiger partial charge in [0.25, 0.3) is 0 Å². The van der Waals surface area contributed by atoms with Crippen LogP contribution in [0.3, 0.4) is 0 Å². The Morgan fingerprint density at radius 3 is 2.40 bits per heavy atom. The van der Waals surface area contributed by atoms with Crippen LogP contribution in [-0.2, 0) is 20.6 Å². The molecule has 2 N–H and O–H groups in total. The molecule has 0 saturated carbocycles. The summed E-state index contributed by atoms with van der Waals surface area (Å²) in [5, 5.41) is 10.3. The monoisotopic (exact) mass is 480 g/mol. The Labute approximate surface area is 198 Å². The third-order valence-corrected chi connectivity index (χ3v) is 6.57. The number of rotatable bonds is 5. The highest BCUT2D eigenvalue weighted by atomic mass is 19.4. The number of alkyl halides is 3. The molecule has 1 saturated heterocycles. The number of pyridine rings is 1. The molecule has 0 spiro atoms. The van der Waals surface area contributed by atoms with Gasteiger partial charge in [0.1, 0.15) is 0 Å². The number of hydrogen-bond donors (Lipinski definition) is 1. The number of hydrogen-bond acceptors (Lipinski definition) is 6. The van der Waals surface area contributed by atoms with E-state index in [1.165, 1.54) is 41.7 Å². The van der Waals surface area contributed by atoms with Gasteiger partial charge >= 0.3 is 6.18 Å². The molecule has 10 heteroatoms. The summed E-state index contributed by atoms with van der Waals surface area (Å²) in [5.41, 5.74) is 3.03. The lowest BCUT2D eigenvalue weighted by Gasteiger charge is -2.34. The summed E-state index contributed by atoms with van der Waals surface area (Å²) in [4.78, 5) is 43.1. The molecule has 1 aromatic carbocycles. The molecule has 2 aliphatic heterocycles. The largest absolute Gasteiger partial charge is 0.416 e. The Morgan fingerprint density at radius 2 is 1.86 bits per heavy atom. The number of nitriles is 1. The molecular weight excluding hydrogens is 461 g/mol. The molecular formula is C25H19F3N4O3. The van der Waals surface area contributed by atoms with Crippen LogP contribution in [0.15, 0.2) is 66.6 Å². The summed E-state index contributed by atoms with van der Waals surface area (Å²) in [5.74, 6) is -3.31. The summed E-state index contributed by atoms with van der Waals surface area (Å²) < 4.78 is 42.0. The van der Waals surface area contributed by atoms with Gasteiger partial charge in [-0.25, -0.2) is 0 Å². The molecule has 4 rings (SSSR count). The highest BCUT2D eigenvalue weighted by Gasteiger charge is 2.65. The summed E-state index contributed by atoms with van der Waals surface area (Å²) in [6.45, 7) is 1.16. The number of nitrogens with zero attached hydrogens (tertiary/aromatic N) is 3. The fourth-order valence-corrected chi connectivity index (χ4v) is 5.14. The van der Waals surface area contributed by atoms with Crippen LogP contribution >= 0.6 is 0 Å². The average molecular weight is 480 g/mol. The number of amides is 1. The SMILES string of the molecule is CC(=O)[C@H]1[C@H](c2ccccc2C(F)(F)F)[C@](C#N)(C(N)=O)[C@@H]2C=C(c3ccncc3)C(C=O)=CN21. The number of benzene rings is 1. The van der Waals surface area contributed by atoms with Crippen molar-refractivity contribution in [1.29, 1.82) is 5.26 Å². The van der Waals surface area contributed by atoms with E-state index < -0.39 is 52.4 Å². The number of fused-ring (bicyclic) bond motifs is 1. The predicted octanol–water partition coefficient (Wildman–Crippen LogP) is 3.00. The maximum Gasteiger partial charge on any atom is 0.416 e. The van der Waals surface area contributed by atoms with Gasteiger partial charge in [-0.3, -0.25) is 19.4 Å². The van der Waals surface area contributed by atoms with Crippen molar-refractivity contribution >= 4 is 23.5 Å². The van der Waals surface area contributed by atoms with E-state index in [-0.39, 0.29) is 5.57 Å². The molecule has 3 heterocycles. The smallest absolute Gasteiger partial charge is 0.368 e. The number of allylic oxidation sites excluding steroid dienone is 2. The zero-order valence-corrected chi connectivity index (χ0v) is 18.4. The van der Waals surface area contributed by atoms with Gasteiger partial charge in [0.15, 0.2) is 17.5 Å². The highest BCUT2D eigenvalue weighted by molar-refractivity contribution is 6.01. The fraction of sp³-hybridized carbons (Fsp3) is 0.240. The zero-order chi connectivity index (χ0) is 25.5. The topological polar surface area (TPSA) is 117 Å². The van der Waals surface area contributed by atoms with Crippen molar-refractivity contribution in [2.75, 3.05) is 0 Å².